The van der Waals surface area contributed by atoms with Gasteiger partial charge < -0.3 is 14.6 Å². The lowest BCUT2D eigenvalue weighted by Gasteiger charge is -2.10. The van der Waals surface area contributed by atoms with Crippen LogP contribution in [0.3, 0.4) is 0 Å². The van der Waals surface area contributed by atoms with Gasteiger partial charge in [0.15, 0.2) is 11.5 Å². The molecule has 0 spiro atoms. The third kappa shape index (κ3) is 4.65. The molecule has 0 radical (unpaired) electrons. The highest BCUT2D eigenvalue weighted by atomic mass is 32.1. The average molecular weight is 304 g/mol. The molecule has 21 heavy (non-hydrogen) atoms. The monoisotopic (exact) mass is 304 g/mol. The molecule has 0 aliphatic carbocycles. The molecule has 0 amide bonds. The molecular weight excluding hydrogens is 288 g/mol. The molecule has 0 aliphatic rings. The van der Waals surface area contributed by atoms with Crippen LogP contribution in [0.2, 0.25) is 0 Å². The van der Waals surface area contributed by atoms with Gasteiger partial charge in [-0.05, 0) is 37.3 Å². The topological polar surface area (TPSA) is 55.8 Å². The predicted molar refractivity (Wildman–Crippen MR) is 82.9 cm³/mol. The van der Waals surface area contributed by atoms with Crippen LogP contribution in [0, 0.1) is 0 Å². The Morgan fingerprint density at radius 2 is 1.90 bits per heavy atom. The summed E-state index contributed by atoms with van der Waals surface area (Å²) in [5.74, 6) is 0.477. The van der Waals surface area contributed by atoms with E-state index in [9.17, 15) is 4.79 Å². The fourth-order valence-electron chi connectivity index (χ4n) is 1.71. The van der Waals surface area contributed by atoms with Crippen molar-refractivity contribution >= 4 is 23.4 Å². The molecule has 0 bridgehead atoms. The number of para-hydroxylation sites is 2. The van der Waals surface area contributed by atoms with Gasteiger partial charge in [0, 0.05) is 15.8 Å². The second-order valence-electron chi connectivity index (χ2n) is 4.14. The van der Waals surface area contributed by atoms with Gasteiger partial charge in [0.1, 0.15) is 6.61 Å². The molecule has 4 nitrogen and oxygen atoms in total. The first-order valence-corrected chi connectivity index (χ1v) is 7.35. The summed E-state index contributed by atoms with van der Waals surface area (Å²) in [5.41, 5.74) is 0. The van der Waals surface area contributed by atoms with Crippen LogP contribution >= 0.6 is 11.3 Å². The van der Waals surface area contributed by atoms with Gasteiger partial charge in [-0.3, -0.25) is 0 Å². The van der Waals surface area contributed by atoms with Crippen molar-refractivity contribution in [3.63, 3.8) is 0 Å². The van der Waals surface area contributed by atoms with Gasteiger partial charge in [-0.1, -0.05) is 12.1 Å². The summed E-state index contributed by atoms with van der Waals surface area (Å²) < 4.78 is 11.3. The predicted octanol–water partition coefficient (Wildman–Crippen LogP) is 3.82. The van der Waals surface area contributed by atoms with E-state index in [1.807, 2.05) is 43.3 Å². The van der Waals surface area contributed by atoms with Crippen LogP contribution in [0.15, 0.2) is 42.5 Å². The van der Waals surface area contributed by atoms with E-state index in [1.54, 1.807) is 6.08 Å². The first-order valence-electron chi connectivity index (χ1n) is 6.53. The quantitative estimate of drug-likeness (QED) is 0.790. The molecule has 0 unspecified atom stereocenters. The second-order valence-corrected chi connectivity index (χ2v) is 5.34. The molecule has 0 atom stereocenters. The molecule has 0 saturated heterocycles. The molecule has 1 N–H and O–H groups in total. The van der Waals surface area contributed by atoms with Gasteiger partial charge in [-0.15, -0.1) is 11.3 Å². The summed E-state index contributed by atoms with van der Waals surface area (Å²) in [6, 6.07) is 11.3. The standard InChI is InChI=1S/C16H16O4S/c1-2-19-14-5-3-4-6-15(14)20-11-13-8-7-12(21-13)9-10-16(17)18/h3-10H,2,11H2,1H3,(H,17,18). The molecule has 0 saturated carbocycles. The molecule has 1 aromatic carbocycles. The third-order valence-corrected chi connectivity index (χ3v) is 3.62. The number of benzene rings is 1. The van der Waals surface area contributed by atoms with Crippen LogP contribution in [0.25, 0.3) is 6.08 Å². The number of thiophene rings is 1. The summed E-state index contributed by atoms with van der Waals surface area (Å²) in [7, 11) is 0. The largest absolute Gasteiger partial charge is 0.490 e. The normalized spacial score (nSPS) is 10.7. The Hall–Kier alpha value is -2.27. The van der Waals surface area contributed by atoms with Crippen molar-refractivity contribution in [2.75, 3.05) is 6.61 Å². The van der Waals surface area contributed by atoms with Crippen molar-refractivity contribution in [1.82, 2.24) is 0 Å². The molecule has 2 aromatic rings. The van der Waals surface area contributed by atoms with E-state index in [0.717, 1.165) is 21.6 Å². The molecule has 0 fully saturated rings. The van der Waals surface area contributed by atoms with Crippen molar-refractivity contribution in [3.05, 3.63) is 52.2 Å². The van der Waals surface area contributed by atoms with Crippen molar-refractivity contribution in [2.45, 2.75) is 13.5 Å². The Kier molecular flexibility index (Phi) is 5.40. The molecule has 1 heterocycles. The van der Waals surface area contributed by atoms with Crippen LogP contribution < -0.4 is 9.47 Å². The van der Waals surface area contributed by atoms with Gasteiger partial charge in [0.05, 0.1) is 6.61 Å². The van der Waals surface area contributed by atoms with Crippen molar-refractivity contribution < 1.29 is 19.4 Å². The Bertz CT molecular complexity index is 631. The Balaban J connectivity index is 1.99. The summed E-state index contributed by atoms with van der Waals surface area (Å²) >= 11 is 1.50. The number of aliphatic carboxylic acids is 1. The number of rotatable bonds is 7. The molecule has 5 heteroatoms. The van der Waals surface area contributed by atoms with Gasteiger partial charge >= 0.3 is 5.97 Å². The average Bonchev–Trinajstić information content (AvgIpc) is 2.92. The van der Waals surface area contributed by atoms with Crippen LogP contribution in [0.4, 0.5) is 0 Å². The highest BCUT2D eigenvalue weighted by Crippen LogP contribution is 2.28. The van der Waals surface area contributed by atoms with E-state index >= 15 is 0 Å². The fourth-order valence-corrected chi connectivity index (χ4v) is 2.54. The van der Waals surface area contributed by atoms with Gasteiger partial charge in [-0.2, -0.15) is 0 Å². The van der Waals surface area contributed by atoms with E-state index in [2.05, 4.69) is 0 Å². The minimum Gasteiger partial charge on any atom is -0.490 e. The Labute approximate surface area is 127 Å². The number of hydrogen-bond donors (Lipinski definition) is 1. The zero-order valence-corrected chi connectivity index (χ0v) is 12.4. The van der Waals surface area contributed by atoms with Crippen molar-refractivity contribution in [3.8, 4) is 11.5 Å². The van der Waals surface area contributed by atoms with Crippen molar-refractivity contribution in [1.29, 1.82) is 0 Å². The van der Waals surface area contributed by atoms with Crippen LogP contribution in [0.1, 0.15) is 16.7 Å². The van der Waals surface area contributed by atoms with E-state index in [4.69, 9.17) is 14.6 Å². The first-order chi connectivity index (χ1) is 10.2. The number of carboxylic acid groups (broad SMARTS) is 1. The van der Waals surface area contributed by atoms with E-state index in [-0.39, 0.29) is 0 Å². The highest BCUT2D eigenvalue weighted by Gasteiger charge is 2.05. The smallest absolute Gasteiger partial charge is 0.328 e. The van der Waals surface area contributed by atoms with Crippen LogP contribution in [-0.2, 0) is 11.4 Å². The first kappa shape index (κ1) is 15.1. The summed E-state index contributed by atoms with van der Waals surface area (Å²) in [6.45, 7) is 2.94. The number of hydrogen-bond acceptors (Lipinski definition) is 4. The zero-order valence-electron chi connectivity index (χ0n) is 11.6. The minimum absolute atomic E-state index is 0.426. The number of carboxylic acids is 1. The van der Waals surface area contributed by atoms with Gasteiger partial charge in [0.2, 0.25) is 0 Å². The number of carbonyl (C=O) groups is 1. The Morgan fingerprint density at radius 3 is 2.57 bits per heavy atom. The van der Waals surface area contributed by atoms with Gasteiger partial charge in [0.25, 0.3) is 0 Å². The van der Waals surface area contributed by atoms with Crippen molar-refractivity contribution in [2.24, 2.45) is 0 Å². The van der Waals surface area contributed by atoms with E-state index in [0.29, 0.717) is 19.0 Å². The summed E-state index contributed by atoms with van der Waals surface area (Å²) in [5, 5.41) is 8.59. The Morgan fingerprint density at radius 1 is 1.19 bits per heavy atom. The fraction of sp³-hybridized carbons (Fsp3) is 0.188. The van der Waals surface area contributed by atoms with Gasteiger partial charge in [-0.25, -0.2) is 4.79 Å². The van der Waals surface area contributed by atoms with E-state index in [1.165, 1.54) is 11.3 Å². The number of ether oxygens (including phenoxy) is 2. The maximum atomic E-state index is 10.5. The SMILES string of the molecule is CCOc1ccccc1OCc1ccc(C=CC(=O)O)s1. The molecule has 0 aliphatic heterocycles. The van der Waals surface area contributed by atoms with Crippen LogP contribution in [0.5, 0.6) is 11.5 Å². The lowest BCUT2D eigenvalue weighted by molar-refractivity contribution is -0.131. The lowest BCUT2D eigenvalue weighted by atomic mass is 10.3. The summed E-state index contributed by atoms with van der Waals surface area (Å²) in [6.07, 6.45) is 2.70. The molecule has 110 valence electrons. The molecule has 2 rings (SSSR count). The maximum absolute atomic E-state index is 10.5. The summed E-state index contributed by atoms with van der Waals surface area (Å²) in [4.78, 5) is 12.4. The zero-order chi connectivity index (χ0) is 15.1. The van der Waals surface area contributed by atoms with Crippen LogP contribution in [-0.4, -0.2) is 17.7 Å². The minimum atomic E-state index is -0.952. The highest BCUT2D eigenvalue weighted by molar-refractivity contribution is 7.12. The third-order valence-electron chi connectivity index (χ3n) is 2.59. The lowest BCUT2D eigenvalue weighted by Crippen LogP contribution is -1.98. The second kappa shape index (κ2) is 7.50. The van der Waals surface area contributed by atoms with E-state index < -0.39 is 5.97 Å². The molecular formula is C16H16O4S. The maximum Gasteiger partial charge on any atom is 0.328 e. The molecule has 1 aromatic heterocycles.